The Balaban J connectivity index is 1.34. The third-order valence-electron chi connectivity index (χ3n) is 6.91. The minimum Gasteiger partial charge on any atom is -0.385 e. The van der Waals surface area contributed by atoms with E-state index in [0.717, 1.165) is 28.9 Å². The summed E-state index contributed by atoms with van der Waals surface area (Å²) in [5, 5.41) is 2.73. The normalized spacial score (nSPS) is 20.4. The van der Waals surface area contributed by atoms with Crippen molar-refractivity contribution in [2.75, 3.05) is 33.9 Å². The Morgan fingerprint density at radius 1 is 1.03 bits per heavy atom. The van der Waals surface area contributed by atoms with E-state index in [2.05, 4.69) is 29.3 Å². The van der Waals surface area contributed by atoms with Crippen LogP contribution in [-0.4, -0.2) is 67.0 Å². The number of hydrogen-bond donors (Lipinski definition) is 1. The van der Waals surface area contributed by atoms with Crippen LogP contribution < -0.4 is 5.32 Å². The molecule has 4 amide bonds. The number of benzene rings is 2. The van der Waals surface area contributed by atoms with Crippen molar-refractivity contribution in [3.63, 3.8) is 0 Å². The van der Waals surface area contributed by atoms with Crippen molar-refractivity contribution in [1.29, 1.82) is 0 Å². The van der Waals surface area contributed by atoms with Crippen LogP contribution in [0.15, 0.2) is 54.6 Å². The zero-order valence-corrected chi connectivity index (χ0v) is 20.3. The van der Waals surface area contributed by atoms with Gasteiger partial charge >= 0.3 is 6.03 Å². The van der Waals surface area contributed by atoms with Crippen LogP contribution in [0.25, 0.3) is 0 Å². The molecule has 0 radical (unpaired) electrons. The SMILES string of the molecule is COCCC1(CC(=O)N2CCC(c3ccc(C#Cc4ccccc4)cc3)CC2)NC(=O)N(C)C1=O. The largest absolute Gasteiger partial charge is 0.385 e. The van der Waals surface area contributed by atoms with Gasteiger partial charge in [-0.2, -0.15) is 0 Å². The number of carbonyl (C=O) groups is 3. The Labute approximate surface area is 206 Å². The molecular weight excluding hydrogens is 442 g/mol. The van der Waals surface area contributed by atoms with E-state index in [-0.39, 0.29) is 31.3 Å². The summed E-state index contributed by atoms with van der Waals surface area (Å²) < 4.78 is 5.13. The monoisotopic (exact) mass is 473 g/mol. The van der Waals surface area contributed by atoms with Crippen LogP contribution in [0.1, 0.15) is 48.3 Å². The van der Waals surface area contributed by atoms with Crippen LogP contribution in [0, 0.1) is 11.8 Å². The molecule has 1 unspecified atom stereocenters. The highest BCUT2D eigenvalue weighted by Gasteiger charge is 2.51. The molecule has 4 rings (SSSR count). The summed E-state index contributed by atoms with van der Waals surface area (Å²) in [5.41, 5.74) is 1.98. The number of methoxy groups -OCH3 is 1. The van der Waals surface area contributed by atoms with E-state index in [1.165, 1.54) is 19.7 Å². The Hall–Kier alpha value is -3.63. The molecule has 1 atom stereocenters. The van der Waals surface area contributed by atoms with E-state index >= 15 is 0 Å². The zero-order chi connectivity index (χ0) is 24.8. The van der Waals surface area contributed by atoms with Gasteiger partial charge in [-0.1, -0.05) is 42.2 Å². The minimum absolute atomic E-state index is 0.0509. The van der Waals surface area contributed by atoms with Crippen LogP contribution in [-0.2, 0) is 14.3 Å². The molecule has 2 aliphatic rings. The summed E-state index contributed by atoms with van der Waals surface area (Å²) in [5.74, 6) is 6.26. The third-order valence-corrected chi connectivity index (χ3v) is 6.91. The maximum absolute atomic E-state index is 13.1. The Morgan fingerprint density at radius 3 is 2.23 bits per heavy atom. The molecule has 182 valence electrons. The molecular formula is C28H31N3O4. The minimum atomic E-state index is -1.23. The first-order chi connectivity index (χ1) is 16.9. The molecule has 0 aliphatic carbocycles. The van der Waals surface area contributed by atoms with Crippen molar-refractivity contribution >= 4 is 17.8 Å². The van der Waals surface area contributed by atoms with Gasteiger partial charge in [0.1, 0.15) is 5.54 Å². The molecule has 2 aromatic rings. The standard InChI is InChI=1S/C28H31N3O4/c1-30-26(33)28(16-19-35-2,29-27(30)34)20-25(32)31-17-14-24(15-18-31)23-12-10-22(11-13-23)9-8-21-6-4-3-5-7-21/h3-7,10-13,24H,14-20H2,1-2H3,(H,29,34). The first-order valence-electron chi connectivity index (χ1n) is 12.0. The average molecular weight is 474 g/mol. The van der Waals surface area contributed by atoms with E-state index in [1.807, 2.05) is 47.4 Å². The first-order valence-corrected chi connectivity index (χ1v) is 12.0. The van der Waals surface area contributed by atoms with Gasteiger partial charge in [0.05, 0.1) is 6.42 Å². The van der Waals surface area contributed by atoms with Gasteiger partial charge in [0, 0.05) is 51.4 Å². The molecule has 0 saturated carbocycles. The van der Waals surface area contributed by atoms with Crippen molar-refractivity contribution in [3.8, 4) is 11.8 Å². The number of hydrogen-bond acceptors (Lipinski definition) is 4. The van der Waals surface area contributed by atoms with Gasteiger partial charge < -0.3 is 15.0 Å². The highest BCUT2D eigenvalue weighted by Crippen LogP contribution is 2.30. The number of urea groups is 1. The molecule has 2 heterocycles. The number of carbonyl (C=O) groups excluding carboxylic acids is 3. The maximum atomic E-state index is 13.1. The van der Waals surface area contributed by atoms with Crippen molar-refractivity contribution < 1.29 is 19.1 Å². The lowest BCUT2D eigenvalue weighted by atomic mass is 9.87. The van der Waals surface area contributed by atoms with Crippen LogP contribution >= 0.6 is 0 Å². The van der Waals surface area contributed by atoms with Gasteiger partial charge in [-0.05, 0) is 48.6 Å². The van der Waals surface area contributed by atoms with Crippen molar-refractivity contribution in [2.45, 2.75) is 37.1 Å². The van der Waals surface area contributed by atoms with Gasteiger partial charge in [0.15, 0.2) is 0 Å². The van der Waals surface area contributed by atoms with Crippen LogP contribution in [0.3, 0.4) is 0 Å². The van der Waals surface area contributed by atoms with E-state index in [0.29, 0.717) is 19.0 Å². The summed E-state index contributed by atoms with van der Waals surface area (Å²) in [7, 11) is 2.97. The zero-order valence-electron chi connectivity index (χ0n) is 20.3. The molecule has 0 aromatic heterocycles. The van der Waals surface area contributed by atoms with Crippen LogP contribution in [0.5, 0.6) is 0 Å². The molecule has 35 heavy (non-hydrogen) atoms. The van der Waals surface area contributed by atoms with E-state index in [9.17, 15) is 14.4 Å². The van der Waals surface area contributed by atoms with Crippen LogP contribution in [0.4, 0.5) is 4.79 Å². The van der Waals surface area contributed by atoms with E-state index in [1.54, 1.807) is 0 Å². The summed E-state index contributed by atoms with van der Waals surface area (Å²) in [6.07, 6.45) is 1.92. The molecule has 7 nitrogen and oxygen atoms in total. The number of nitrogens with zero attached hydrogens (tertiary/aromatic N) is 2. The molecule has 0 bridgehead atoms. The summed E-state index contributed by atoms with van der Waals surface area (Å²) in [6.45, 7) is 1.52. The number of ether oxygens (including phenoxy) is 1. The molecule has 2 saturated heterocycles. The highest BCUT2D eigenvalue weighted by atomic mass is 16.5. The topological polar surface area (TPSA) is 79.0 Å². The molecule has 2 aliphatic heterocycles. The fourth-order valence-corrected chi connectivity index (χ4v) is 4.75. The number of rotatable bonds is 6. The summed E-state index contributed by atoms with van der Waals surface area (Å²) in [6, 6.07) is 17.8. The second-order valence-corrected chi connectivity index (χ2v) is 9.19. The number of nitrogens with one attached hydrogen (secondary N) is 1. The van der Waals surface area contributed by atoms with Gasteiger partial charge in [-0.15, -0.1) is 0 Å². The second-order valence-electron chi connectivity index (χ2n) is 9.19. The Morgan fingerprint density at radius 2 is 1.66 bits per heavy atom. The number of likely N-dealkylation sites (N-methyl/N-ethyl adjacent to an activating group) is 1. The molecule has 2 aromatic carbocycles. The van der Waals surface area contributed by atoms with Crippen LogP contribution in [0.2, 0.25) is 0 Å². The first kappa shape index (κ1) is 24.5. The third kappa shape index (κ3) is 5.55. The number of likely N-dealkylation sites (tertiary alicyclic amines) is 1. The molecule has 0 spiro atoms. The summed E-state index contributed by atoms with van der Waals surface area (Å²) >= 11 is 0. The Kier molecular flexibility index (Phi) is 7.52. The van der Waals surface area contributed by atoms with E-state index in [4.69, 9.17) is 4.74 Å². The number of imide groups is 1. The summed E-state index contributed by atoms with van der Waals surface area (Å²) in [4.78, 5) is 40.8. The lowest BCUT2D eigenvalue weighted by molar-refractivity contribution is -0.140. The second kappa shape index (κ2) is 10.7. The molecule has 7 heteroatoms. The lowest BCUT2D eigenvalue weighted by Gasteiger charge is -2.35. The smallest absolute Gasteiger partial charge is 0.324 e. The quantitative estimate of drug-likeness (QED) is 0.517. The average Bonchev–Trinajstić information content (AvgIpc) is 3.10. The van der Waals surface area contributed by atoms with Crippen molar-refractivity contribution in [3.05, 3.63) is 71.3 Å². The van der Waals surface area contributed by atoms with Gasteiger partial charge in [-0.3, -0.25) is 14.5 Å². The lowest BCUT2D eigenvalue weighted by Crippen LogP contribution is -2.52. The fraction of sp³-hybridized carbons (Fsp3) is 0.393. The van der Waals surface area contributed by atoms with Gasteiger partial charge in [0.25, 0.3) is 5.91 Å². The number of piperidine rings is 1. The van der Waals surface area contributed by atoms with Crippen molar-refractivity contribution in [2.24, 2.45) is 0 Å². The molecule has 2 fully saturated rings. The predicted octanol–water partition coefficient (Wildman–Crippen LogP) is 3.14. The highest BCUT2D eigenvalue weighted by molar-refractivity contribution is 6.08. The predicted molar refractivity (Wildman–Crippen MR) is 133 cm³/mol. The molecule has 1 N–H and O–H groups in total. The fourth-order valence-electron chi connectivity index (χ4n) is 4.75. The van der Waals surface area contributed by atoms with Gasteiger partial charge in [-0.25, -0.2) is 4.79 Å². The Bertz CT molecular complexity index is 1130. The number of amides is 4. The van der Waals surface area contributed by atoms with Crippen molar-refractivity contribution in [1.82, 2.24) is 15.1 Å². The van der Waals surface area contributed by atoms with Gasteiger partial charge in [0.2, 0.25) is 5.91 Å². The maximum Gasteiger partial charge on any atom is 0.324 e. The van der Waals surface area contributed by atoms with E-state index < -0.39 is 11.6 Å².